The second-order valence-corrected chi connectivity index (χ2v) is 4.94. The van der Waals surface area contributed by atoms with Gasteiger partial charge in [0.1, 0.15) is 22.8 Å². The quantitative estimate of drug-likeness (QED) is 0.750. The number of benzene rings is 1. The minimum absolute atomic E-state index is 0.153. The van der Waals surface area contributed by atoms with Gasteiger partial charge in [0.2, 0.25) is 0 Å². The zero-order chi connectivity index (χ0) is 12.6. The van der Waals surface area contributed by atoms with E-state index in [-0.39, 0.29) is 5.60 Å². The summed E-state index contributed by atoms with van der Waals surface area (Å²) >= 11 is 0. The van der Waals surface area contributed by atoms with E-state index >= 15 is 0 Å². The minimum Gasteiger partial charge on any atom is -0.496 e. The molecule has 3 heteroatoms. The fraction of sp³-hybridized carbons (Fsp3) is 0.467. The predicted molar refractivity (Wildman–Crippen MR) is 69.6 cm³/mol. The van der Waals surface area contributed by atoms with E-state index in [1.807, 2.05) is 12.1 Å². The molecule has 0 fully saturated rings. The van der Waals surface area contributed by atoms with Crippen molar-refractivity contribution in [2.45, 2.75) is 31.3 Å². The van der Waals surface area contributed by atoms with Crippen LogP contribution in [-0.4, -0.2) is 19.8 Å². The number of hydrogen-bond donors (Lipinski definition) is 0. The molecule has 1 aliphatic carbocycles. The molecule has 0 bridgehead atoms. The molecule has 1 unspecified atom stereocenters. The van der Waals surface area contributed by atoms with E-state index in [1.54, 1.807) is 14.2 Å². The van der Waals surface area contributed by atoms with E-state index < -0.39 is 0 Å². The van der Waals surface area contributed by atoms with Crippen LogP contribution >= 0.6 is 0 Å². The number of methoxy groups -OCH3 is 2. The Labute approximate surface area is 107 Å². The van der Waals surface area contributed by atoms with Gasteiger partial charge in [0.15, 0.2) is 0 Å². The maximum atomic E-state index is 6.17. The van der Waals surface area contributed by atoms with Crippen LogP contribution in [0.15, 0.2) is 24.3 Å². The van der Waals surface area contributed by atoms with E-state index in [9.17, 15) is 0 Å². The molecule has 1 heterocycles. The Morgan fingerprint density at radius 1 is 1.22 bits per heavy atom. The topological polar surface area (TPSA) is 27.7 Å². The molecule has 18 heavy (non-hydrogen) atoms. The van der Waals surface area contributed by atoms with Crippen LogP contribution in [0, 0.1) is 0 Å². The van der Waals surface area contributed by atoms with Crippen LogP contribution in [-0.2, 0) is 6.42 Å². The lowest BCUT2D eigenvalue weighted by molar-refractivity contribution is 0.129. The Balaban J connectivity index is 2.01. The van der Waals surface area contributed by atoms with Crippen molar-refractivity contribution in [3.05, 3.63) is 29.8 Å². The lowest BCUT2D eigenvalue weighted by Gasteiger charge is -2.27. The van der Waals surface area contributed by atoms with Crippen molar-refractivity contribution in [1.82, 2.24) is 0 Å². The highest BCUT2D eigenvalue weighted by atomic mass is 16.5. The highest BCUT2D eigenvalue weighted by Crippen LogP contribution is 2.46. The highest BCUT2D eigenvalue weighted by molar-refractivity contribution is 5.54. The first-order valence-electron chi connectivity index (χ1n) is 6.38. The molecule has 0 saturated carbocycles. The molecule has 2 aliphatic rings. The lowest BCUT2D eigenvalue weighted by Crippen LogP contribution is -2.33. The van der Waals surface area contributed by atoms with Gasteiger partial charge in [-0.15, -0.1) is 0 Å². The fourth-order valence-corrected chi connectivity index (χ4v) is 2.85. The number of ether oxygens (including phenoxy) is 3. The van der Waals surface area contributed by atoms with Gasteiger partial charge in [-0.2, -0.15) is 0 Å². The van der Waals surface area contributed by atoms with Crippen molar-refractivity contribution in [3.63, 3.8) is 0 Å². The normalized spacial score (nSPS) is 24.8. The van der Waals surface area contributed by atoms with Crippen LogP contribution in [0.4, 0.5) is 0 Å². The number of hydrogen-bond acceptors (Lipinski definition) is 3. The average Bonchev–Trinajstić information content (AvgIpc) is 2.75. The Bertz CT molecular complexity index is 493. The molecular formula is C15H18O3. The van der Waals surface area contributed by atoms with Crippen molar-refractivity contribution < 1.29 is 14.2 Å². The zero-order valence-electron chi connectivity index (χ0n) is 10.9. The molecule has 1 atom stereocenters. The first kappa shape index (κ1) is 11.5. The average molecular weight is 246 g/mol. The molecule has 3 rings (SSSR count). The van der Waals surface area contributed by atoms with Gasteiger partial charge in [0, 0.05) is 24.1 Å². The SMILES string of the molecule is COc1cc(OC)c2c(c1)OC1(C=CCCC1)C2. The smallest absolute Gasteiger partial charge is 0.131 e. The van der Waals surface area contributed by atoms with Crippen molar-refractivity contribution in [2.24, 2.45) is 0 Å². The van der Waals surface area contributed by atoms with Gasteiger partial charge in [-0.25, -0.2) is 0 Å². The maximum Gasteiger partial charge on any atom is 0.131 e. The van der Waals surface area contributed by atoms with Crippen molar-refractivity contribution in [2.75, 3.05) is 14.2 Å². The Morgan fingerprint density at radius 3 is 2.78 bits per heavy atom. The first-order valence-corrected chi connectivity index (χ1v) is 6.38. The van der Waals surface area contributed by atoms with Crippen LogP contribution in [0.1, 0.15) is 24.8 Å². The molecular weight excluding hydrogens is 228 g/mol. The zero-order valence-corrected chi connectivity index (χ0v) is 10.9. The van der Waals surface area contributed by atoms with E-state index in [1.165, 1.54) is 6.42 Å². The van der Waals surface area contributed by atoms with E-state index in [0.29, 0.717) is 0 Å². The van der Waals surface area contributed by atoms with Gasteiger partial charge in [0.05, 0.1) is 14.2 Å². The summed E-state index contributed by atoms with van der Waals surface area (Å²) in [7, 11) is 3.35. The summed E-state index contributed by atoms with van der Waals surface area (Å²) in [6.45, 7) is 0. The fourth-order valence-electron chi connectivity index (χ4n) is 2.85. The highest BCUT2D eigenvalue weighted by Gasteiger charge is 2.39. The van der Waals surface area contributed by atoms with Crippen LogP contribution in [0.3, 0.4) is 0 Å². The molecule has 0 radical (unpaired) electrons. The second-order valence-electron chi connectivity index (χ2n) is 4.94. The summed E-state index contributed by atoms with van der Waals surface area (Å²) in [5.74, 6) is 2.54. The molecule has 0 amide bonds. The molecule has 0 N–H and O–H groups in total. The van der Waals surface area contributed by atoms with Crippen LogP contribution in [0.2, 0.25) is 0 Å². The Hall–Kier alpha value is -1.64. The molecule has 3 nitrogen and oxygen atoms in total. The molecule has 1 aromatic carbocycles. The maximum absolute atomic E-state index is 6.17. The second kappa shape index (κ2) is 4.23. The summed E-state index contributed by atoms with van der Waals surface area (Å²) in [5.41, 5.74) is 1.00. The third-order valence-corrected chi connectivity index (χ3v) is 3.78. The van der Waals surface area contributed by atoms with Crippen LogP contribution < -0.4 is 14.2 Å². The minimum atomic E-state index is -0.153. The summed E-state index contributed by atoms with van der Waals surface area (Å²) < 4.78 is 16.9. The molecule has 0 saturated heterocycles. The Morgan fingerprint density at radius 2 is 2.11 bits per heavy atom. The predicted octanol–water partition coefficient (Wildman–Crippen LogP) is 3.12. The summed E-state index contributed by atoms with van der Waals surface area (Å²) in [6.07, 6.45) is 8.74. The summed E-state index contributed by atoms with van der Waals surface area (Å²) in [4.78, 5) is 0. The number of allylic oxidation sites excluding steroid dienone is 1. The molecule has 1 aliphatic heterocycles. The van der Waals surface area contributed by atoms with Gasteiger partial charge < -0.3 is 14.2 Å². The van der Waals surface area contributed by atoms with E-state index in [2.05, 4.69) is 12.2 Å². The van der Waals surface area contributed by atoms with Gasteiger partial charge in [-0.1, -0.05) is 6.08 Å². The van der Waals surface area contributed by atoms with Crippen LogP contribution in [0.25, 0.3) is 0 Å². The summed E-state index contributed by atoms with van der Waals surface area (Å²) in [5, 5.41) is 0. The third-order valence-electron chi connectivity index (χ3n) is 3.78. The number of fused-ring (bicyclic) bond motifs is 1. The molecule has 1 aromatic rings. The molecule has 96 valence electrons. The third kappa shape index (κ3) is 1.74. The Kier molecular flexibility index (Phi) is 2.69. The van der Waals surface area contributed by atoms with E-state index in [4.69, 9.17) is 14.2 Å². The van der Waals surface area contributed by atoms with Gasteiger partial charge in [-0.05, 0) is 25.3 Å². The lowest BCUT2D eigenvalue weighted by atomic mass is 9.87. The molecule has 1 spiro atoms. The number of rotatable bonds is 2. The van der Waals surface area contributed by atoms with Crippen molar-refractivity contribution >= 4 is 0 Å². The van der Waals surface area contributed by atoms with Gasteiger partial charge >= 0.3 is 0 Å². The van der Waals surface area contributed by atoms with Crippen molar-refractivity contribution in [1.29, 1.82) is 0 Å². The summed E-state index contributed by atoms with van der Waals surface area (Å²) in [6, 6.07) is 3.88. The largest absolute Gasteiger partial charge is 0.496 e. The van der Waals surface area contributed by atoms with Gasteiger partial charge in [-0.3, -0.25) is 0 Å². The molecule has 0 aromatic heterocycles. The standard InChI is InChI=1S/C15H18O3/c1-16-11-8-13(17-2)12-10-15(18-14(12)9-11)6-4-3-5-7-15/h4,6,8-9H,3,5,7,10H2,1-2H3. The first-order chi connectivity index (χ1) is 8.76. The van der Waals surface area contributed by atoms with Crippen LogP contribution in [0.5, 0.6) is 17.2 Å². The van der Waals surface area contributed by atoms with E-state index in [0.717, 1.165) is 42.1 Å². The van der Waals surface area contributed by atoms with Gasteiger partial charge in [0.25, 0.3) is 0 Å². The monoisotopic (exact) mass is 246 g/mol. The van der Waals surface area contributed by atoms with Crippen molar-refractivity contribution in [3.8, 4) is 17.2 Å².